The molecule has 6 N–H and O–H groups in total. The van der Waals surface area contributed by atoms with Gasteiger partial charge in [0.2, 0.25) is 5.91 Å². The van der Waals surface area contributed by atoms with E-state index in [1.165, 1.54) is 12.5 Å². The average molecular weight is 775 g/mol. The number of phenols is 1. The molecule has 0 atom stereocenters. The smallest absolute Gasteiger partial charge is 0.490 e. The summed E-state index contributed by atoms with van der Waals surface area (Å²) in [6, 6.07) is 7.16. The van der Waals surface area contributed by atoms with Crippen molar-refractivity contribution in [3.8, 4) is 5.75 Å². The van der Waals surface area contributed by atoms with E-state index in [0.29, 0.717) is 63.1 Å². The predicted octanol–water partition coefficient (Wildman–Crippen LogP) is 5.36. The van der Waals surface area contributed by atoms with Crippen molar-refractivity contribution in [2.45, 2.75) is 69.8 Å². The van der Waals surface area contributed by atoms with E-state index >= 15 is 0 Å². The predicted molar refractivity (Wildman–Crippen MR) is 174 cm³/mol. The molecule has 11 nitrogen and oxygen atoms in total. The van der Waals surface area contributed by atoms with Crippen LogP contribution in [0.2, 0.25) is 0 Å². The number of H-pyrrole nitrogens is 1. The number of carbonyl (C=O) groups is 3. The number of aromatic amines is 1. The van der Waals surface area contributed by atoms with Crippen LogP contribution in [-0.2, 0) is 27.2 Å². The number of hydrogen-bond acceptors (Lipinski definition) is 8. The Morgan fingerprint density at radius 2 is 1.38 bits per heavy atom. The number of thiazole rings is 1. The highest BCUT2D eigenvalue weighted by Gasteiger charge is 2.39. The van der Waals surface area contributed by atoms with Gasteiger partial charge in [-0.2, -0.15) is 26.3 Å². The lowest BCUT2D eigenvalue weighted by molar-refractivity contribution is -0.193. The highest BCUT2D eigenvalue weighted by Crippen LogP contribution is 2.28. The number of carboxylic acid groups (broad SMARTS) is 2. The molecule has 0 spiro atoms. The first kappa shape index (κ1) is 43.9. The Bertz CT molecular complexity index is 1650. The number of aromatic hydroxyl groups is 1. The van der Waals surface area contributed by atoms with Gasteiger partial charge in [0.05, 0.1) is 4.70 Å². The minimum absolute atomic E-state index is 0.0762. The largest absolute Gasteiger partial charge is 0.506 e. The average Bonchev–Trinajstić information content (AvgIpc) is 3.47. The van der Waals surface area contributed by atoms with Crippen LogP contribution >= 0.6 is 11.3 Å². The normalized spacial score (nSPS) is 13.5. The quantitative estimate of drug-likeness (QED) is 0.0989. The van der Waals surface area contributed by atoms with Gasteiger partial charge in [-0.3, -0.25) is 9.59 Å². The van der Waals surface area contributed by atoms with Crippen molar-refractivity contribution in [1.82, 2.24) is 20.5 Å². The van der Waals surface area contributed by atoms with Gasteiger partial charge in [0.15, 0.2) is 0 Å². The standard InChI is InChI=1S/C28H36F2N4O3S.2C2HF3O2/c29-21-7-8-23(30)20(18-21)11-14-31-15-12-25(36)34(22-4-2-1-3-5-22)17-16-32-13-10-19-6-9-24(35)26-27(19)38-28(37)33-26;2*3-2(4,5)1(6)7/h6-9,18,22,31-32,35H,1-5,10-17H2,(H,33,37);2*(H,6,7). The Balaban J connectivity index is 0.000000564. The molecule has 4 rings (SSSR count). The van der Waals surface area contributed by atoms with Crippen LogP contribution in [0, 0.1) is 11.6 Å². The van der Waals surface area contributed by atoms with Crippen LogP contribution in [0.25, 0.3) is 10.2 Å². The van der Waals surface area contributed by atoms with Crippen LogP contribution in [0.1, 0.15) is 49.7 Å². The van der Waals surface area contributed by atoms with Crippen LogP contribution in [0.5, 0.6) is 5.75 Å². The van der Waals surface area contributed by atoms with Crippen LogP contribution in [0.4, 0.5) is 35.1 Å². The van der Waals surface area contributed by atoms with E-state index in [1.807, 2.05) is 11.0 Å². The van der Waals surface area contributed by atoms with E-state index in [2.05, 4.69) is 15.6 Å². The number of amides is 1. The molecule has 1 heterocycles. The van der Waals surface area contributed by atoms with E-state index in [1.54, 1.807) is 6.07 Å². The zero-order chi connectivity index (χ0) is 39.1. The number of halogens is 8. The second-order valence-corrected chi connectivity index (χ2v) is 12.4. The number of nitrogens with zero attached hydrogens (tertiary/aromatic N) is 1. The fourth-order valence-electron chi connectivity index (χ4n) is 5.14. The molecule has 1 aliphatic carbocycles. The van der Waals surface area contributed by atoms with E-state index < -0.39 is 35.9 Å². The number of alkyl halides is 6. The van der Waals surface area contributed by atoms with Gasteiger partial charge in [0.1, 0.15) is 22.9 Å². The molecule has 20 heteroatoms. The van der Waals surface area contributed by atoms with E-state index in [-0.39, 0.29) is 22.6 Å². The van der Waals surface area contributed by atoms with Crippen molar-refractivity contribution in [2.75, 3.05) is 32.7 Å². The summed E-state index contributed by atoms with van der Waals surface area (Å²) in [6.45, 7) is 2.94. The van der Waals surface area contributed by atoms with Crippen molar-refractivity contribution in [3.05, 3.63) is 62.8 Å². The number of rotatable bonds is 13. The molecule has 0 aliphatic heterocycles. The first-order valence-electron chi connectivity index (χ1n) is 15.9. The van der Waals surface area contributed by atoms with E-state index in [9.17, 15) is 49.8 Å². The second kappa shape index (κ2) is 20.7. The summed E-state index contributed by atoms with van der Waals surface area (Å²) in [4.78, 5) is 47.2. The molecular formula is C32H38F8N4O7S. The first-order chi connectivity index (χ1) is 24.3. The molecule has 2 aromatic carbocycles. The Labute approximate surface area is 295 Å². The zero-order valence-corrected chi connectivity index (χ0v) is 28.3. The molecule has 1 aromatic heterocycles. The third-order valence-corrected chi connectivity index (χ3v) is 8.61. The van der Waals surface area contributed by atoms with Gasteiger partial charge >= 0.3 is 29.2 Å². The van der Waals surface area contributed by atoms with Crippen molar-refractivity contribution < 1.29 is 64.8 Å². The van der Waals surface area contributed by atoms with Gasteiger partial charge in [-0.15, -0.1) is 0 Å². The lowest BCUT2D eigenvalue weighted by atomic mass is 9.94. The summed E-state index contributed by atoms with van der Waals surface area (Å²) in [6.07, 6.45) is -3.21. The van der Waals surface area contributed by atoms with Crippen molar-refractivity contribution >= 4 is 39.4 Å². The molecule has 1 aliphatic rings. The first-order valence-corrected chi connectivity index (χ1v) is 16.7. The van der Waals surface area contributed by atoms with E-state index in [4.69, 9.17) is 19.8 Å². The summed E-state index contributed by atoms with van der Waals surface area (Å²) in [7, 11) is 0. The maximum Gasteiger partial charge on any atom is 0.490 e. The Kier molecular flexibility index (Phi) is 17.4. The zero-order valence-electron chi connectivity index (χ0n) is 27.5. The molecule has 0 radical (unpaired) electrons. The molecule has 1 fully saturated rings. The lowest BCUT2D eigenvalue weighted by Crippen LogP contribution is -2.45. The van der Waals surface area contributed by atoms with Crippen LogP contribution in [0.15, 0.2) is 35.1 Å². The number of nitrogens with one attached hydrogen (secondary N) is 3. The summed E-state index contributed by atoms with van der Waals surface area (Å²) in [5.41, 5.74) is 1.82. The maximum atomic E-state index is 13.8. The summed E-state index contributed by atoms with van der Waals surface area (Å²) >= 11 is 1.10. The monoisotopic (exact) mass is 774 g/mol. The molecule has 0 bridgehead atoms. The van der Waals surface area contributed by atoms with Crippen molar-refractivity contribution in [2.24, 2.45) is 0 Å². The van der Waals surface area contributed by atoms with E-state index in [0.717, 1.165) is 59.4 Å². The van der Waals surface area contributed by atoms with Gasteiger partial charge < -0.3 is 35.8 Å². The fourth-order valence-corrected chi connectivity index (χ4v) is 6.04. The number of phenolic OH excluding ortho intramolecular Hbond substituents is 1. The summed E-state index contributed by atoms with van der Waals surface area (Å²) in [5, 5.41) is 30.8. The minimum atomic E-state index is -5.08. The van der Waals surface area contributed by atoms with Crippen molar-refractivity contribution in [1.29, 1.82) is 0 Å². The fraction of sp³-hybridized carbons (Fsp3) is 0.500. The number of fused-ring (bicyclic) bond motifs is 1. The van der Waals surface area contributed by atoms with Gasteiger partial charge in [-0.25, -0.2) is 18.4 Å². The molecule has 290 valence electrons. The lowest BCUT2D eigenvalue weighted by Gasteiger charge is -2.34. The highest BCUT2D eigenvalue weighted by molar-refractivity contribution is 7.16. The molecule has 3 aromatic rings. The molecule has 0 saturated heterocycles. The Hall–Kier alpha value is -4.30. The number of carboxylic acids is 2. The SMILES string of the molecule is O=C(CCNCCc1cc(F)ccc1F)N(CCNCCc1ccc(O)c2[nH]c(=O)sc12)C1CCCCC1.O=C(O)C(F)(F)F.O=C(O)C(F)(F)F. The Morgan fingerprint density at radius 1 is 0.827 bits per heavy atom. The molecule has 1 amide bonds. The number of aliphatic carboxylic acids is 2. The molecule has 1 saturated carbocycles. The summed E-state index contributed by atoms with van der Waals surface area (Å²) < 4.78 is 91.4. The van der Waals surface area contributed by atoms with Gasteiger partial charge in [0, 0.05) is 32.1 Å². The third kappa shape index (κ3) is 15.1. The van der Waals surface area contributed by atoms with Crippen LogP contribution in [-0.4, -0.2) is 94.2 Å². The highest BCUT2D eigenvalue weighted by atomic mass is 32.1. The van der Waals surface area contributed by atoms with Gasteiger partial charge in [-0.05, 0) is 74.2 Å². The van der Waals surface area contributed by atoms with Crippen molar-refractivity contribution in [3.63, 3.8) is 0 Å². The van der Waals surface area contributed by atoms with Crippen LogP contribution in [0.3, 0.4) is 0 Å². The number of hydrogen-bond donors (Lipinski definition) is 6. The summed E-state index contributed by atoms with van der Waals surface area (Å²) in [5.74, 6) is -6.20. The maximum absolute atomic E-state index is 13.8. The number of benzene rings is 2. The minimum Gasteiger partial charge on any atom is -0.506 e. The number of carbonyl (C=O) groups excluding carboxylic acids is 1. The molecule has 52 heavy (non-hydrogen) atoms. The van der Waals surface area contributed by atoms with Gasteiger partial charge in [0.25, 0.3) is 0 Å². The molecule has 0 unspecified atom stereocenters. The topological polar surface area (TPSA) is 172 Å². The molecular weight excluding hydrogens is 736 g/mol. The second-order valence-electron chi connectivity index (χ2n) is 11.4. The van der Waals surface area contributed by atoms with Gasteiger partial charge in [-0.1, -0.05) is 36.7 Å². The third-order valence-electron chi connectivity index (χ3n) is 7.65. The number of aromatic nitrogens is 1. The van der Waals surface area contributed by atoms with Crippen LogP contribution < -0.4 is 15.5 Å². The Morgan fingerprint density at radius 3 is 1.96 bits per heavy atom.